The molecule has 2 unspecified atom stereocenters. The molecule has 0 bridgehead atoms. The van der Waals surface area contributed by atoms with E-state index in [-0.39, 0.29) is 11.2 Å². The van der Waals surface area contributed by atoms with Gasteiger partial charge in [0.2, 0.25) is 0 Å². The zero-order valence-electron chi connectivity index (χ0n) is 12.8. The van der Waals surface area contributed by atoms with E-state index in [4.69, 9.17) is 4.74 Å². The second-order valence-electron chi connectivity index (χ2n) is 7.47. The van der Waals surface area contributed by atoms with Crippen LogP contribution in [0.3, 0.4) is 0 Å². The van der Waals surface area contributed by atoms with E-state index in [1.165, 1.54) is 19.4 Å². The van der Waals surface area contributed by atoms with Crippen LogP contribution in [-0.4, -0.2) is 48.3 Å². The predicted molar refractivity (Wildman–Crippen MR) is 75.9 cm³/mol. The summed E-state index contributed by atoms with van der Waals surface area (Å²) in [5.74, 6) is 0.799. The molecule has 1 N–H and O–H groups in total. The lowest BCUT2D eigenvalue weighted by Gasteiger charge is -2.48. The highest BCUT2D eigenvalue weighted by atomic mass is 16.5. The first-order chi connectivity index (χ1) is 8.27. The van der Waals surface area contributed by atoms with Crippen LogP contribution in [0, 0.1) is 5.92 Å². The van der Waals surface area contributed by atoms with Gasteiger partial charge in [0, 0.05) is 25.7 Å². The molecule has 18 heavy (non-hydrogen) atoms. The number of morpholine rings is 1. The Morgan fingerprint density at radius 3 is 2.33 bits per heavy atom. The van der Waals surface area contributed by atoms with E-state index in [1.54, 1.807) is 0 Å². The molecule has 2 rings (SSSR count). The maximum atomic E-state index is 6.15. The Kier molecular flexibility index (Phi) is 4.05. The third kappa shape index (κ3) is 3.69. The van der Waals surface area contributed by atoms with Crippen molar-refractivity contribution < 1.29 is 4.74 Å². The fourth-order valence-corrected chi connectivity index (χ4v) is 3.71. The summed E-state index contributed by atoms with van der Waals surface area (Å²) in [6.07, 6.45) is 2.70. The van der Waals surface area contributed by atoms with Crippen LogP contribution >= 0.6 is 0 Å². The van der Waals surface area contributed by atoms with Crippen LogP contribution in [0.5, 0.6) is 0 Å². The second kappa shape index (κ2) is 5.10. The molecule has 2 fully saturated rings. The monoisotopic (exact) mass is 254 g/mol. The lowest BCUT2D eigenvalue weighted by Crippen LogP contribution is -2.60. The van der Waals surface area contributed by atoms with Crippen molar-refractivity contribution in [3.63, 3.8) is 0 Å². The van der Waals surface area contributed by atoms with Crippen molar-refractivity contribution in [2.45, 2.75) is 64.7 Å². The average molecular weight is 254 g/mol. The fraction of sp³-hybridized carbons (Fsp3) is 1.00. The lowest BCUT2D eigenvalue weighted by atomic mass is 9.91. The van der Waals surface area contributed by atoms with Crippen molar-refractivity contribution in [2.75, 3.05) is 26.2 Å². The molecule has 0 radical (unpaired) electrons. The van der Waals surface area contributed by atoms with Crippen molar-refractivity contribution in [1.82, 2.24) is 10.2 Å². The number of nitrogens with one attached hydrogen (secondary N) is 1. The Hall–Kier alpha value is -0.120. The molecule has 3 heteroatoms. The summed E-state index contributed by atoms with van der Waals surface area (Å²) in [7, 11) is 0. The fourth-order valence-electron chi connectivity index (χ4n) is 3.71. The third-order valence-corrected chi connectivity index (χ3v) is 4.15. The van der Waals surface area contributed by atoms with Gasteiger partial charge in [-0.2, -0.15) is 0 Å². The number of hydrogen-bond acceptors (Lipinski definition) is 3. The summed E-state index contributed by atoms with van der Waals surface area (Å²) in [5, 5.41) is 3.69. The minimum Gasteiger partial charge on any atom is -0.367 e. The molecule has 0 aromatic heterocycles. The minimum atomic E-state index is -0.0281. The van der Waals surface area contributed by atoms with E-state index < -0.39 is 0 Å². The Morgan fingerprint density at radius 1 is 1.17 bits per heavy atom. The van der Waals surface area contributed by atoms with E-state index in [0.717, 1.165) is 25.6 Å². The molecule has 2 heterocycles. The summed E-state index contributed by atoms with van der Waals surface area (Å²) in [5.41, 5.74) is -0.0562. The number of piperidine rings is 1. The van der Waals surface area contributed by atoms with Crippen LogP contribution in [0.25, 0.3) is 0 Å². The molecule has 0 aliphatic carbocycles. The summed E-state index contributed by atoms with van der Waals surface area (Å²) in [6.45, 7) is 15.6. The van der Waals surface area contributed by atoms with Gasteiger partial charge in [-0.25, -0.2) is 0 Å². The largest absolute Gasteiger partial charge is 0.367 e. The first-order valence-corrected chi connectivity index (χ1v) is 7.43. The first kappa shape index (κ1) is 14.3. The van der Waals surface area contributed by atoms with Crippen molar-refractivity contribution in [2.24, 2.45) is 5.92 Å². The highest BCUT2D eigenvalue weighted by Crippen LogP contribution is 2.29. The van der Waals surface area contributed by atoms with E-state index in [1.807, 2.05) is 0 Å². The molecule has 2 aliphatic heterocycles. The summed E-state index contributed by atoms with van der Waals surface area (Å²) < 4.78 is 6.15. The Morgan fingerprint density at radius 2 is 1.78 bits per heavy atom. The van der Waals surface area contributed by atoms with Crippen LogP contribution < -0.4 is 5.32 Å². The van der Waals surface area contributed by atoms with E-state index in [0.29, 0.717) is 6.04 Å². The van der Waals surface area contributed by atoms with Gasteiger partial charge < -0.3 is 10.1 Å². The van der Waals surface area contributed by atoms with Gasteiger partial charge in [0.05, 0.1) is 11.2 Å². The standard InChI is InChI=1S/C15H30N2O/c1-12-7-6-8-16-13(12)9-17-10-14(2,3)18-15(4,5)11-17/h12-13,16H,6-11H2,1-5H3. The topological polar surface area (TPSA) is 24.5 Å². The smallest absolute Gasteiger partial charge is 0.0760 e. The molecular formula is C15H30N2O. The molecule has 106 valence electrons. The maximum Gasteiger partial charge on any atom is 0.0760 e. The highest BCUT2D eigenvalue weighted by molar-refractivity contribution is 4.92. The van der Waals surface area contributed by atoms with Gasteiger partial charge in [-0.1, -0.05) is 6.92 Å². The predicted octanol–water partition coefficient (Wildman–Crippen LogP) is 2.26. The molecule has 0 saturated carbocycles. The highest BCUT2D eigenvalue weighted by Gasteiger charge is 2.39. The van der Waals surface area contributed by atoms with Crippen LogP contribution in [-0.2, 0) is 4.74 Å². The van der Waals surface area contributed by atoms with Gasteiger partial charge in [-0.3, -0.25) is 4.90 Å². The van der Waals surface area contributed by atoms with Gasteiger partial charge in [0.25, 0.3) is 0 Å². The van der Waals surface area contributed by atoms with Gasteiger partial charge in [-0.15, -0.1) is 0 Å². The molecule has 2 atom stereocenters. The number of rotatable bonds is 2. The van der Waals surface area contributed by atoms with E-state index in [2.05, 4.69) is 44.8 Å². The van der Waals surface area contributed by atoms with Crippen LogP contribution in [0.15, 0.2) is 0 Å². The number of hydrogen-bond donors (Lipinski definition) is 1. The van der Waals surface area contributed by atoms with Gasteiger partial charge in [0.1, 0.15) is 0 Å². The van der Waals surface area contributed by atoms with Gasteiger partial charge >= 0.3 is 0 Å². The van der Waals surface area contributed by atoms with Crippen molar-refractivity contribution >= 4 is 0 Å². The molecule has 0 aromatic rings. The minimum absolute atomic E-state index is 0.0281. The maximum absolute atomic E-state index is 6.15. The number of nitrogens with zero attached hydrogens (tertiary/aromatic N) is 1. The molecule has 3 nitrogen and oxygen atoms in total. The summed E-state index contributed by atoms with van der Waals surface area (Å²) >= 11 is 0. The summed E-state index contributed by atoms with van der Waals surface area (Å²) in [6, 6.07) is 0.656. The molecule has 0 amide bonds. The molecule has 0 spiro atoms. The Balaban J connectivity index is 1.95. The molecular weight excluding hydrogens is 224 g/mol. The van der Waals surface area contributed by atoms with E-state index >= 15 is 0 Å². The zero-order valence-corrected chi connectivity index (χ0v) is 12.8. The normalized spacial score (nSPS) is 36.5. The average Bonchev–Trinajstić information content (AvgIpc) is 2.16. The zero-order chi connectivity index (χ0) is 13.4. The second-order valence-corrected chi connectivity index (χ2v) is 7.47. The Labute approximate surface area is 112 Å². The molecule has 0 aromatic carbocycles. The quantitative estimate of drug-likeness (QED) is 0.818. The van der Waals surface area contributed by atoms with Crippen LogP contribution in [0.4, 0.5) is 0 Å². The SMILES string of the molecule is CC1CCCNC1CN1CC(C)(C)OC(C)(C)C1. The summed E-state index contributed by atoms with van der Waals surface area (Å²) in [4.78, 5) is 2.59. The molecule has 2 aliphatic rings. The van der Waals surface area contributed by atoms with Gasteiger partial charge in [0.15, 0.2) is 0 Å². The van der Waals surface area contributed by atoms with Gasteiger partial charge in [-0.05, 0) is 53.0 Å². The van der Waals surface area contributed by atoms with Crippen LogP contribution in [0.1, 0.15) is 47.5 Å². The number of ether oxygens (including phenoxy) is 1. The van der Waals surface area contributed by atoms with Crippen molar-refractivity contribution in [3.05, 3.63) is 0 Å². The van der Waals surface area contributed by atoms with E-state index in [9.17, 15) is 0 Å². The van der Waals surface area contributed by atoms with Crippen molar-refractivity contribution in [3.8, 4) is 0 Å². The molecule has 2 saturated heterocycles. The third-order valence-electron chi connectivity index (χ3n) is 4.15. The van der Waals surface area contributed by atoms with Crippen LogP contribution in [0.2, 0.25) is 0 Å². The lowest BCUT2D eigenvalue weighted by molar-refractivity contribution is -0.181. The van der Waals surface area contributed by atoms with Crippen molar-refractivity contribution in [1.29, 1.82) is 0 Å². The Bertz CT molecular complexity index is 272. The first-order valence-electron chi connectivity index (χ1n) is 7.43.